The van der Waals surface area contributed by atoms with Crippen molar-refractivity contribution in [3.8, 4) is 34.5 Å². The van der Waals surface area contributed by atoms with E-state index in [0.717, 1.165) is 22.3 Å². The Morgan fingerprint density at radius 3 is 1.84 bits per heavy atom. The van der Waals surface area contributed by atoms with E-state index in [2.05, 4.69) is 0 Å². The summed E-state index contributed by atoms with van der Waals surface area (Å²) >= 11 is 0. The van der Waals surface area contributed by atoms with Crippen LogP contribution in [0.2, 0.25) is 0 Å². The average molecular weight is 437 g/mol. The number of methoxy groups -OCH3 is 4. The summed E-state index contributed by atoms with van der Waals surface area (Å²) in [5.41, 5.74) is 3.68. The van der Waals surface area contributed by atoms with Crippen LogP contribution in [0.15, 0.2) is 48.5 Å². The summed E-state index contributed by atoms with van der Waals surface area (Å²) in [6.07, 6.45) is 3.94. The van der Waals surface area contributed by atoms with E-state index in [1.54, 1.807) is 38.5 Å². The van der Waals surface area contributed by atoms with E-state index in [9.17, 15) is 10.2 Å². The molecule has 0 aliphatic heterocycles. The largest absolute Gasteiger partial charge is 0.508 e. The Bertz CT molecular complexity index is 1080. The average Bonchev–Trinajstić information content (AvgIpc) is 2.82. The Hall–Kier alpha value is -3.80. The van der Waals surface area contributed by atoms with Gasteiger partial charge in [0.1, 0.15) is 17.2 Å². The molecule has 1 atom stereocenters. The standard InChI is InChI=1S/C26H28O6/c1-16(19-13-23(31-4)26(28)24(14-19)32-5)25-18(12-21(29-2)15-22(25)30-3)9-6-17-7-10-20(27)11-8-17/h6-16,27-28H,1-5H3. The third kappa shape index (κ3) is 4.75. The highest BCUT2D eigenvalue weighted by Gasteiger charge is 2.22. The molecule has 0 fully saturated rings. The van der Waals surface area contributed by atoms with Crippen molar-refractivity contribution >= 4 is 12.2 Å². The Balaban J connectivity index is 2.15. The zero-order chi connectivity index (χ0) is 23.3. The maximum atomic E-state index is 10.3. The van der Waals surface area contributed by atoms with Crippen LogP contribution in [0.25, 0.3) is 12.2 Å². The van der Waals surface area contributed by atoms with E-state index < -0.39 is 0 Å². The number of phenolic OH excluding ortho intramolecular Hbond substituents is 2. The summed E-state index contributed by atoms with van der Waals surface area (Å²) in [6.45, 7) is 2.05. The molecule has 0 radical (unpaired) electrons. The number of ether oxygens (including phenoxy) is 4. The first-order valence-electron chi connectivity index (χ1n) is 10.1. The molecule has 0 saturated carbocycles. The van der Waals surface area contributed by atoms with Gasteiger partial charge in [-0.25, -0.2) is 0 Å². The van der Waals surface area contributed by atoms with Gasteiger partial charge in [0.05, 0.1) is 28.4 Å². The predicted molar refractivity (Wildman–Crippen MR) is 125 cm³/mol. The second-order valence-corrected chi connectivity index (χ2v) is 7.25. The van der Waals surface area contributed by atoms with Gasteiger partial charge < -0.3 is 29.2 Å². The van der Waals surface area contributed by atoms with Crippen LogP contribution >= 0.6 is 0 Å². The van der Waals surface area contributed by atoms with Gasteiger partial charge in [-0.05, 0) is 47.0 Å². The number of hydrogen-bond acceptors (Lipinski definition) is 6. The third-order valence-electron chi connectivity index (χ3n) is 5.39. The van der Waals surface area contributed by atoms with Gasteiger partial charge in [-0.15, -0.1) is 0 Å². The molecule has 0 spiro atoms. The van der Waals surface area contributed by atoms with Crippen molar-refractivity contribution in [2.45, 2.75) is 12.8 Å². The Morgan fingerprint density at radius 2 is 1.31 bits per heavy atom. The Labute approximate surface area is 188 Å². The lowest BCUT2D eigenvalue weighted by Crippen LogP contribution is -2.04. The lowest BCUT2D eigenvalue weighted by molar-refractivity contribution is 0.339. The molecule has 6 nitrogen and oxygen atoms in total. The van der Waals surface area contributed by atoms with Gasteiger partial charge in [0.2, 0.25) is 5.75 Å². The number of rotatable bonds is 8. The van der Waals surface area contributed by atoms with Gasteiger partial charge in [-0.2, -0.15) is 0 Å². The molecule has 32 heavy (non-hydrogen) atoms. The molecule has 6 heteroatoms. The van der Waals surface area contributed by atoms with Gasteiger partial charge in [-0.1, -0.05) is 31.2 Å². The number of phenols is 2. The van der Waals surface area contributed by atoms with Crippen molar-refractivity contribution in [3.63, 3.8) is 0 Å². The SMILES string of the molecule is COc1cc(C=Cc2ccc(O)cc2)c(C(C)c2cc(OC)c(O)c(OC)c2)c(OC)c1. The van der Waals surface area contributed by atoms with Crippen molar-refractivity contribution in [1.82, 2.24) is 0 Å². The van der Waals surface area contributed by atoms with E-state index in [-0.39, 0.29) is 17.4 Å². The normalized spacial score (nSPS) is 11.9. The summed E-state index contributed by atoms with van der Waals surface area (Å²) in [4.78, 5) is 0. The first-order valence-corrected chi connectivity index (χ1v) is 10.1. The highest BCUT2D eigenvalue weighted by Crippen LogP contribution is 2.44. The smallest absolute Gasteiger partial charge is 0.200 e. The van der Waals surface area contributed by atoms with Crippen molar-refractivity contribution in [2.24, 2.45) is 0 Å². The Kier molecular flexibility index (Phi) is 7.15. The van der Waals surface area contributed by atoms with Crippen molar-refractivity contribution in [1.29, 1.82) is 0 Å². The predicted octanol–water partition coefficient (Wildman–Crippen LogP) is 5.45. The van der Waals surface area contributed by atoms with Crippen molar-refractivity contribution in [2.75, 3.05) is 28.4 Å². The minimum atomic E-state index is -0.126. The van der Waals surface area contributed by atoms with E-state index >= 15 is 0 Å². The summed E-state index contributed by atoms with van der Waals surface area (Å²) in [5, 5.41) is 19.8. The van der Waals surface area contributed by atoms with Crippen molar-refractivity contribution in [3.05, 3.63) is 70.8 Å². The lowest BCUT2D eigenvalue weighted by atomic mass is 9.87. The Morgan fingerprint density at radius 1 is 0.719 bits per heavy atom. The van der Waals surface area contributed by atoms with Gasteiger partial charge in [0.15, 0.2) is 11.5 Å². The van der Waals surface area contributed by atoms with Gasteiger partial charge in [-0.3, -0.25) is 0 Å². The molecular formula is C26H28O6. The highest BCUT2D eigenvalue weighted by molar-refractivity contribution is 5.74. The fourth-order valence-corrected chi connectivity index (χ4v) is 3.61. The van der Waals surface area contributed by atoms with Crippen LogP contribution < -0.4 is 18.9 Å². The topological polar surface area (TPSA) is 77.4 Å². The third-order valence-corrected chi connectivity index (χ3v) is 5.39. The van der Waals surface area contributed by atoms with Crippen LogP contribution in [-0.4, -0.2) is 38.7 Å². The molecule has 3 aromatic carbocycles. The molecule has 168 valence electrons. The quantitative estimate of drug-likeness (QED) is 0.457. The molecule has 0 aliphatic rings. The van der Waals surface area contributed by atoms with Crippen LogP contribution in [0.4, 0.5) is 0 Å². The van der Waals surface area contributed by atoms with Gasteiger partial charge in [0.25, 0.3) is 0 Å². The molecule has 0 bridgehead atoms. The molecule has 0 saturated heterocycles. The van der Waals surface area contributed by atoms with E-state index in [0.29, 0.717) is 23.0 Å². The summed E-state index contributed by atoms with van der Waals surface area (Å²) in [5.74, 6) is 2.06. The lowest BCUT2D eigenvalue weighted by Gasteiger charge is -2.21. The molecule has 3 aromatic rings. The first kappa shape index (κ1) is 22.9. The summed E-state index contributed by atoms with van der Waals surface area (Å²) < 4.78 is 21.9. The van der Waals surface area contributed by atoms with Crippen LogP contribution in [0.1, 0.15) is 35.1 Å². The molecule has 3 rings (SSSR count). The number of aromatic hydroxyl groups is 2. The molecular weight excluding hydrogens is 408 g/mol. The molecule has 0 amide bonds. The molecule has 2 N–H and O–H groups in total. The fraction of sp³-hybridized carbons (Fsp3) is 0.231. The van der Waals surface area contributed by atoms with Gasteiger partial charge in [0, 0.05) is 17.5 Å². The van der Waals surface area contributed by atoms with E-state index in [1.165, 1.54) is 14.2 Å². The first-order chi connectivity index (χ1) is 15.4. The van der Waals surface area contributed by atoms with E-state index in [4.69, 9.17) is 18.9 Å². The minimum absolute atomic E-state index is 0.0416. The van der Waals surface area contributed by atoms with Crippen molar-refractivity contribution < 1.29 is 29.2 Å². The molecule has 0 aliphatic carbocycles. The zero-order valence-electron chi connectivity index (χ0n) is 18.9. The zero-order valence-corrected chi connectivity index (χ0v) is 18.9. The second-order valence-electron chi connectivity index (χ2n) is 7.25. The monoisotopic (exact) mass is 436 g/mol. The number of hydrogen-bond donors (Lipinski definition) is 2. The van der Waals surface area contributed by atoms with Crippen LogP contribution in [0, 0.1) is 0 Å². The van der Waals surface area contributed by atoms with Crippen LogP contribution in [0.5, 0.6) is 34.5 Å². The maximum Gasteiger partial charge on any atom is 0.200 e. The van der Waals surface area contributed by atoms with Crippen LogP contribution in [0.3, 0.4) is 0 Å². The number of benzene rings is 3. The van der Waals surface area contributed by atoms with E-state index in [1.807, 2.05) is 43.3 Å². The second kappa shape index (κ2) is 10.0. The fourth-order valence-electron chi connectivity index (χ4n) is 3.61. The molecule has 1 unspecified atom stereocenters. The summed E-state index contributed by atoms with van der Waals surface area (Å²) in [7, 11) is 6.24. The highest BCUT2D eigenvalue weighted by atomic mass is 16.5. The molecule has 0 aromatic heterocycles. The van der Waals surface area contributed by atoms with Crippen LogP contribution in [-0.2, 0) is 0 Å². The summed E-state index contributed by atoms with van der Waals surface area (Å²) in [6, 6.07) is 14.3. The minimum Gasteiger partial charge on any atom is -0.508 e. The van der Waals surface area contributed by atoms with Gasteiger partial charge >= 0.3 is 0 Å². The maximum absolute atomic E-state index is 10.3. The molecule has 0 heterocycles.